The molecule has 9 heteroatoms. The van der Waals surface area contributed by atoms with Gasteiger partial charge >= 0.3 is 0 Å². The minimum atomic E-state index is 0.131. The SMILES string of the molecule is CCOCCBr.CCOCCN(CCO)CCO.OCCNCCO. The predicted octanol–water partition coefficient (Wildman–Crippen LogP) is -0.712. The highest BCUT2D eigenvalue weighted by Crippen LogP contribution is 1.87. The molecule has 0 fully saturated rings. The standard InChI is InChI=1S/C8H19NO3.C4H9BrO.C4H11NO2/c1-2-12-8-5-9(3-6-10)4-7-11;1-2-6-4-3-5;6-3-1-5-2-4-7/h10-11H,2-8H2,1H3;2-4H2,1H3;5-7H,1-4H2. The van der Waals surface area contributed by atoms with E-state index >= 15 is 0 Å². The summed E-state index contributed by atoms with van der Waals surface area (Å²) in [6, 6.07) is 0. The van der Waals surface area contributed by atoms with E-state index in [9.17, 15) is 0 Å². The van der Waals surface area contributed by atoms with E-state index in [4.69, 9.17) is 29.9 Å². The summed E-state index contributed by atoms with van der Waals surface area (Å²) in [5.41, 5.74) is 0. The molecule has 0 bridgehead atoms. The number of hydrogen-bond donors (Lipinski definition) is 5. The van der Waals surface area contributed by atoms with Crippen molar-refractivity contribution in [3.63, 3.8) is 0 Å². The smallest absolute Gasteiger partial charge is 0.0593 e. The Morgan fingerprint density at radius 3 is 1.56 bits per heavy atom. The van der Waals surface area contributed by atoms with E-state index in [1.807, 2.05) is 18.7 Å². The van der Waals surface area contributed by atoms with E-state index in [0.29, 0.717) is 39.4 Å². The zero-order valence-electron chi connectivity index (χ0n) is 15.8. The van der Waals surface area contributed by atoms with Crippen molar-refractivity contribution in [2.45, 2.75) is 13.8 Å². The van der Waals surface area contributed by atoms with Gasteiger partial charge in [0.2, 0.25) is 0 Å². The number of nitrogens with zero attached hydrogens (tertiary/aromatic N) is 1. The van der Waals surface area contributed by atoms with E-state index in [1.54, 1.807) is 0 Å². The normalized spacial score (nSPS) is 10.1. The highest BCUT2D eigenvalue weighted by Gasteiger charge is 2.01. The molecule has 0 amide bonds. The highest BCUT2D eigenvalue weighted by atomic mass is 79.9. The molecular formula is C16H39BrN2O6. The van der Waals surface area contributed by atoms with Crippen LogP contribution in [-0.4, -0.2) is 116 Å². The van der Waals surface area contributed by atoms with Crippen molar-refractivity contribution < 1.29 is 29.9 Å². The number of nitrogens with one attached hydrogen (secondary N) is 1. The van der Waals surface area contributed by atoms with Crippen molar-refractivity contribution in [1.29, 1.82) is 0 Å². The molecule has 0 unspecified atom stereocenters. The van der Waals surface area contributed by atoms with Crippen LogP contribution in [0.25, 0.3) is 0 Å². The van der Waals surface area contributed by atoms with Gasteiger partial charge in [-0.2, -0.15) is 0 Å². The molecule has 0 saturated carbocycles. The lowest BCUT2D eigenvalue weighted by molar-refractivity contribution is 0.0938. The van der Waals surface area contributed by atoms with Gasteiger partial charge in [0, 0.05) is 51.3 Å². The van der Waals surface area contributed by atoms with Crippen LogP contribution in [0, 0.1) is 0 Å². The monoisotopic (exact) mass is 434 g/mol. The van der Waals surface area contributed by atoms with Crippen molar-refractivity contribution in [2.24, 2.45) is 0 Å². The van der Waals surface area contributed by atoms with Gasteiger partial charge in [-0.3, -0.25) is 4.90 Å². The average molecular weight is 435 g/mol. The number of halogens is 1. The van der Waals surface area contributed by atoms with E-state index in [0.717, 1.165) is 25.1 Å². The number of ether oxygens (including phenoxy) is 2. The Kier molecular flexibility index (Phi) is 38.1. The first-order valence-corrected chi connectivity index (χ1v) is 9.88. The van der Waals surface area contributed by atoms with Crippen LogP contribution in [0.15, 0.2) is 0 Å². The largest absolute Gasteiger partial charge is 0.395 e. The minimum Gasteiger partial charge on any atom is -0.395 e. The van der Waals surface area contributed by atoms with Gasteiger partial charge in [-0.05, 0) is 13.8 Å². The first-order valence-electron chi connectivity index (χ1n) is 8.76. The van der Waals surface area contributed by atoms with Crippen LogP contribution in [0.3, 0.4) is 0 Å². The van der Waals surface area contributed by atoms with Gasteiger partial charge in [0.25, 0.3) is 0 Å². The van der Waals surface area contributed by atoms with E-state index in [-0.39, 0.29) is 26.4 Å². The summed E-state index contributed by atoms with van der Waals surface area (Å²) >= 11 is 3.23. The maximum Gasteiger partial charge on any atom is 0.0593 e. The third kappa shape index (κ3) is 36.0. The average Bonchev–Trinajstić information content (AvgIpc) is 2.62. The Morgan fingerprint density at radius 2 is 1.24 bits per heavy atom. The molecule has 0 aliphatic carbocycles. The Labute approximate surface area is 161 Å². The van der Waals surface area contributed by atoms with Crippen LogP contribution in [0.1, 0.15) is 13.8 Å². The molecule has 5 N–H and O–H groups in total. The molecule has 25 heavy (non-hydrogen) atoms. The van der Waals surface area contributed by atoms with Gasteiger partial charge in [-0.15, -0.1) is 0 Å². The number of hydrogen-bond acceptors (Lipinski definition) is 8. The summed E-state index contributed by atoms with van der Waals surface area (Å²) in [5, 5.41) is 37.3. The van der Waals surface area contributed by atoms with Gasteiger partial charge in [0.05, 0.1) is 39.6 Å². The molecule has 0 aliphatic rings. The maximum absolute atomic E-state index is 8.66. The summed E-state index contributed by atoms with van der Waals surface area (Å²) in [7, 11) is 0. The molecule has 0 radical (unpaired) electrons. The fraction of sp³-hybridized carbons (Fsp3) is 1.00. The molecule has 0 heterocycles. The molecule has 0 atom stereocenters. The molecule has 0 rings (SSSR count). The molecule has 156 valence electrons. The number of rotatable bonds is 15. The Balaban J connectivity index is -0.000000317. The number of aliphatic hydroxyl groups is 4. The number of alkyl halides is 1. The van der Waals surface area contributed by atoms with E-state index < -0.39 is 0 Å². The molecule has 0 spiro atoms. The van der Waals surface area contributed by atoms with Crippen LogP contribution in [-0.2, 0) is 9.47 Å². The third-order valence-electron chi connectivity index (χ3n) is 2.59. The van der Waals surface area contributed by atoms with Crippen molar-refractivity contribution in [2.75, 3.05) is 90.9 Å². The number of aliphatic hydroxyl groups excluding tert-OH is 4. The summed E-state index contributed by atoms with van der Waals surface area (Å²) in [5.74, 6) is 0. The zero-order valence-corrected chi connectivity index (χ0v) is 17.4. The predicted molar refractivity (Wildman–Crippen MR) is 104 cm³/mol. The van der Waals surface area contributed by atoms with Crippen molar-refractivity contribution in [1.82, 2.24) is 10.2 Å². The summed E-state index contributed by atoms with van der Waals surface area (Å²) < 4.78 is 10.1. The molecule has 0 aromatic carbocycles. The molecular weight excluding hydrogens is 396 g/mol. The lowest BCUT2D eigenvalue weighted by atomic mass is 10.4. The van der Waals surface area contributed by atoms with Crippen LogP contribution in [0.5, 0.6) is 0 Å². The van der Waals surface area contributed by atoms with Gasteiger partial charge < -0.3 is 35.2 Å². The van der Waals surface area contributed by atoms with E-state index in [2.05, 4.69) is 21.2 Å². The Bertz CT molecular complexity index is 193. The molecule has 0 aromatic heterocycles. The molecule has 0 aromatic rings. The zero-order chi connectivity index (χ0) is 19.6. The maximum atomic E-state index is 8.66. The second-order valence-corrected chi connectivity index (χ2v) is 5.36. The topological polar surface area (TPSA) is 115 Å². The first kappa shape index (κ1) is 29.9. The van der Waals surface area contributed by atoms with Gasteiger partial charge in [0.1, 0.15) is 0 Å². The minimum absolute atomic E-state index is 0.131. The fourth-order valence-corrected chi connectivity index (χ4v) is 1.67. The lowest BCUT2D eigenvalue weighted by Gasteiger charge is -2.19. The second-order valence-electron chi connectivity index (χ2n) is 4.57. The van der Waals surface area contributed by atoms with Crippen molar-refractivity contribution >= 4 is 15.9 Å². The Hall–Kier alpha value is 0.160. The van der Waals surface area contributed by atoms with Crippen molar-refractivity contribution in [3.8, 4) is 0 Å². The van der Waals surface area contributed by atoms with Gasteiger partial charge in [-0.25, -0.2) is 0 Å². The quantitative estimate of drug-likeness (QED) is 0.169. The molecule has 0 aliphatic heterocycles. The summed E-state index contributed by atoms with van der Waals surface area (Å²) in [6.45, 7) is 10.6. The first-order chi connectivity index (χ1) is 12.2. The van der Waals surface area contributed by atoms with Crippen LogP contribution in [0.2, 0.25) is 0 Å². The van der Waals surface area contributed by atoms with Crippen LogP contribution < -0.4 is 5.32 Å². The summed E-state index contributed by atoms with van der Waals surface area (Å²) in [6.07, 6.45) is 0. The van der Waals surface area contributed by atoms with E-state index in [1.165, 1.54) is 0 Å². The molecule has 8 nitrogen and oxygen atoms in total. The Morgan fingerprint density at radius 1 is 0.760 bits per heavy atom. The van der Waals surface area contributed by atoms with Crippen LogP contribution >= 0.6 is 15.9 Å². The summed E-state index contributed by atoms with van der Waals surface area (Å²) in [4.78, 5) is 1.97. The highest BCUT2D eigenvalue weighted by molar-refractivity contribution is 9.09. The fourth-order valence-electron chi connectivity index (χ4n) is 1.44. The van der Waals surface area contributed by atoms with Gasteiger partial charge in [-0.1, -0.05) is 15.9 Å². The van der Waals surface area contributed by atoms with Gasteiger partial charge in [0.15, 0.2) is 0 Å². The second kappa shape index (κ2) is 31.9. The van der Waals surface area contributed by atoms with Crippen LogP contribution in [0.4, 0.5) is 0 Å². The lowest BCUT2D eigenvalue weighted by Crippen LogP contribution is -2.32. The third-order valence-corrected chi connectivity index (χ3v) is 2.91. The molecule has 0 saturated heterocycles. The van der Waals surface area contributed by atoms with Crippen molar-refractivity contribution in [3.05, 3.63) is 0 Å².